The van der Waals surface area contributed by atoms with Gasteiger partial charge < -0.3 is 16.0 Å². The third kappa shape index (κ3) is 2.73. The number of benzene rings is 1. The van der Waals surface area contributed by atoms with Gasteiger partial charge in [-0.25, -0.2) is 0 Å². The quantitative estimate of drug-likeness (QED) is 0.765. The summed E-state index contributed by atoms with van der Waals surface area (Å²) in [7, 11) is 0. The van der Waals surface area contributed by atoms with Crippen LogP contribution in [0, 0.1) is 12.8 Å². The van der Waals surface area contributed by atoms with Gasteiger partial charge in [0, 0.05) is 36.8 Å². The molecule has 2 amide bonds. The molecule has 2 atom stereocenters. The molecule has 2 saturated heterocycles. The molecule has 1 aromatic rings. The zero-order valence-corrected chi connectivity index (χ0v) is 12.3. The van der Waals surface area contributed by atoms with Crippen LogP contribution in [0.4, 0.5) is 5.69 Å². The highest BCUT2D eigenvalue weighted by Crippen LogP contribution is 2.26. The van der Waals surface area contributed by atoms with E-state index in [2.05, 4.69) is 5.32 Å². The summed E-state index contributed by atoms with van der Waals surface area (Å²) < 4.78 is 0. The number of aryl methyl sites for hydroxylation is 1. The number of amides is 2. The Kier molecular flexibility index (Phi) is 3.57. The Bertz CT molecular complexity index is 585. The second kappa shape index (κ2) is 5.39. The maximum absolute atomic E-state index is 12.6. The first-order valence-electron chi connectivity index (χ1n) is 7.49. The number of rotatable bonds is 1. The van der Waals surface area contributed by atoms with Gasteiger partial charge in [0.25, 0.3) is 5.91 Å². The van der Waals surface area contributed by atoms with Gasteiger partial charge in [-0.15, -0.1) is 0 Å². The molecule has 0 saturated carbocycles. The molecular formula is C16H21N3O2. The Labute approximate surface area is 124 Å². The van der Waals surface area contributed by atoms with Crippen molar-refractivity contribution in [3.63, 3.8) is 0 Å². The number of nitrogen functional groups attached to an aromatic ring is 1. The van der Waals surface area contributed by atoms with Gasteiger partial charge in [0.15, 0.2) is 0 Å². The van der Waals surface area contributed by atoms with E-state index >= 15 is 0 Å². The van der Waals surface area contributed by atoms with Crippen LogP contribution in [0.1, 0.15) is 35.2 Å². The predicted molar refractivity (Wildman–Crippen MR) is 80.8 cm³/mol. The van der Waals surface area contributed by atoms with Gasteiger partial charge in [-0.2, -0.15) is 0 Å². The number of hydrogen-bond donors (Lipinski definition) is 2. The highest BCUT2D eigenvalue weighted by molar-refractivity contribution is 5.95. The number of fused-ring (bicyclic) bond motifs is 1. The first-order valence-corrected chi connectivity index (χ1v) is 7.49. The highest BCUT2D eigenvalue weighted by Gasteiger charge is 2.35. The van der Waals surface area contributed by atoms with Gasteiger partial charge in [0.05, 0.1) is 0 Å². The lowest BCUT2D eigenvalue weighted by Crippen LogP contribution is -2.55. The molecule has 1 aromatic carbocycles. The molecule has 2 fully saturated rings. The van der Waals surface area contributed by atoms with Crippen molar-refractivity contribution in [1.82, 2.24) is 10.2 Å². The summed E-state index contributed by atoms with van der Waals surface area (Å²) in [6, 6.07) is 5.71. The van der Waals surface area contributed by atoms with Crippen LogP contribution in [0.25, 0.3) is 0 Å². The molecule has 5 nitrogen and oxygen atoms in total. The Balaban J connectivity index is 1.71. The maximum Gasteiger partial charge on any atom is 0.253 e. The Hall–Kier alpha value is -2.04. The smallest absolute Gasteiger partial charge is 0.253 e. The fraction of sp³-hybridized carbons (Fsp3) is 0.500. The number of likely N-dealkylation sites (tertiary alicyclic amines) is 1. The molecule has 5 heteroatoms. The Morgan fingerprint density at radius 3 is 2.95 bits per heavy atom. The van der Waals surface area contributed by atoms with Gasteiger partial charge in [-0.1, -0.05) is 6.07 Å². The molecule has 0 spiro atoms. The van der Waals surface area contributed by atoms with Crippen molar-refractivity contribution in [2.45, 2.75) is 32.2 Å². The van der Waals surface area contributed by atoms with E-state index in [-0.39, 0.29) is 17.9 Å². The molecule has 3 rings (SSSR count). The first-order chi connectivity index (χ1) is 10.0. The summed E-state index contributed by atoms with van der Waals surface area (Å²) in [5, 5.41) is 3.04. The number of nitrogens with zero attached hydrogens (tertiary/aromatic N) is 1. The van der Waals surface area contributed by atoms with Crippen molar-refractivity contribution in [1.29, 1.82) is 0 Å². The fourth-order valence-corrected chi connectivity index (χ4v) is 3.25. The number of anilines is 1. The van der Waals surface area contributed by atoms with Gasteiger partial charge in [0.1, 0.15) is 0 Å². The summed E-state index contributed by atoms with van der Waals surface area (Å²) in [5.74, 6) is 0.558. The standard InChI is InChI=1S/C16H21N3O2/c1-10-2-3-11(8-13(10)17)16(21)19-7-6-14-12(9-19)4-5-15(20)18-14/h2-3,8,12,14H,4-7,9,17H2,1H3,(H,18,20). The lowest BCUT2D eigenvalue weighted by atomic mass is 9.85. The van der Waals surface area contributed by atoms with Crippen LogP contribution in [0.5, 0.6) is 0 Å². The van der Waals surface area contributed by atoms with Crippen LogP contribution < -0.4 is 11.1 Å². The summed E-state index contributed by atoms with van der Waals surface area (Å²) >= 11 is 0. The molecule has 0 bridgehead atoms. The molecule has 3 N–H and O–H groups in total. The van der Waals surface area contributed by atoms with Crippen LogP contribution in [0.2, 0.25) is 0 Å². The zero-order chi connectivity index (χ0) is 15.0. The van der Waals surface area contributed by atoms with Crippen LogP contribution in [0.3, 0.4) is 0 Å². The minimum Gasteiger partial charge on any atom is -0.398 e. The summed E-state index contributed by atoms with van der Waals surface area (Å²) in [5.41, 5.74) is 8.18. The molecule has 2 aliphatic rings. The molecule has 0 aromatic heterocycles. The van der Waals surface area contributed by atoms with Crippen LogP contribution in [-0.4, -0.2) is 35.8 Å². The van der Waals surface area contributed by atoms with Crippen molar-refractivity contribution in [2.75, 3.05) is 18.8 Å². The third-order valence-corrected chi connectivity index (χ3v) is 4.64. The monoisotopic (exact) mass is 287 g/mol. The number of nitrogens with one attached hydrogen (secondary N) is 1. The maximum atomic E-state index is 12.6. The molecule has 21 heavy (non-hydrogen) atoms. The van der Waals surface area contributed by atoms with E-state index in [0.717, 1.165) is 24.9 Å². The first kappa shape index (κ1) is 13.9. The predicted octanol–water partition coefficient (Wildman–Crippen LogP) is 1.32. The molecular weight excluding hydrogens is 266 g/mol. The average Bonchev–Trinajstić information content (AvgIpc) is 2.49. The molecule has 2 aliphatic heterocycles. The number of hydrogen-bond acceptors (Lipinski definition) is 3. The van der Waals surface area contributed by atoms with Gasteiger partial charge >= 0.3 is 0 Å². The molecule has 112 valence electrons. The number of carbonyl (C=O) groups excluding carboxylic acids is 2. The minimum absolute atomic E-state index is 0.0389. The van der Waals surface area contributed by atoms with E-state index < -0.39 is 0 Å². The normalized spacial score (nSPS) is 25.2. The molecule has 0 radical (unpaired) electrons. The lowest BCUT2D eigenvalue weighted by molar-refractivity contribution is -0.125. The van der Waals surface area contributed by atoms with Crippen molar-refractivity contribution in [2.24, 2.45) is 5.92 Å². The van der Waals surface area contributed by atoms with Crippen molar-refractivity contribution in [3.8, 4) is 0 Å². The minimum atomic E-state index is 0.0389. The molecule has 2 heterocycles. The van der Waals surface area contributed by atoms with E-state index in [1.807, 2.05) is 24.0 Å². The van der Waals surface area contributed by atoms with E-state index in [9.17, 15) is 9.59 Å². The highest BCUT2D eigenvalue weighted by atomic mass is 16.2. The van der Waals surface area contributed by atoms with Crippen molar-refractivity contribution < 1.29 is 9.59 Å². The van der Waals surface area contributed by atoms with Crippen LogP contribution in [0.15, 0.2) is 18.2 Å². The molecule has 0 aliphatic carbocycles. The van der Waals surface area contributed by atoms with Crippen LogP contribution >= 0.6 is 0 Å². The number of nitrogens with two attached hydrogens (primary N) is 1. The fourth-order valence-electron chi connectivity index (χ4n) is 3.25. The second-order valence-electron chi connectivity index (χ2n) is 6.08. The zero-order valence-electron chi connectivity index (χ0n) is 12.3. The largest absolute Gasteiger partial charge is 0.398 e. The SMILES string of the molecule is Cc1ccc(C(=O)N2CCC3NC(=O)CCC3C2)cc1N. The van der Waals surface area contributed by atoms with Gasteiger partial charge in [0.2, 0.25) is 5.91 Å². The average molecular weight is 287 g/mol. The topological polar surface area (TPSA) is 75.4 Å². The van der Waals surface area contributed by atoms with E-state index in [1.54, 1.807) is 6.07 Å². The van der Waals surface area contributed by atoms with E-state index in [4.69, 9.17) is 5.73 Å². The van der Waals surface area contributed by atoms with Crippen LogP contribution in [-0.2, 0) is 4.79 Å². The van der Waals surface area contributed by atoms with Crippen molar-refractivity contribution in [3.05, 3.63) is 29.3 Å². The third-order valence-electron chi connectivity index (χ3n) is 4.64. The second-order valence-corrected chi connectivity index (χ2v) is 6.08. The lowest BCUT2D eigenvalue weighted by Gasteiger charge is -2.41. The summed E-state index contributed by atoms with van der Waals surface area (Å²) in [6.45, 7) is 3.34. The van der Waals surface area contributed by atoms with E-state index in [1.165, 1.54) is 0 Å². The van der Waals surface area contributed by atoms with Crippen molar-refractivity contribution >= 4 is 17.5 Å². The number of piperidine rings is 2. The molecule has 2 unspecified atom stereocenters. The summed E-state index contributed by atoms with van der Waals surface area (Å²) in [4.78, 5) is 25.9. The Morgan fingerprint density at radius 2 is 2.19 bits per heavy atom. The van der Waals surface area contributed by atoms with Gasteiger partial charge in [-0.3, -0.25) is 9.59 Å². The van der Waals surface area contributed by atoms with E-state index in [0.29, 0.717) is 30.1 Å². The van der Waals surface area contributed by atoms with Gasteiger partial charge in [-0.05, 0) is 43.4 Å². The Morgan fingerprint density at radius 1 is 1.38 bits per heavy atom. The summed E-state index contributed by atoms with van der Waals surface area (Å²) in [6.07, 6.45) is 2.28. The number of carbonyl (C=O) groups is 2.